The van der Waals surface area contributed by atoms with Gasteiger partial charge in [-0.2, -0.15) is 0 Å². The van der Waals surface area contributed by atoms with E-state index in [9.17, 15) is 9.59 Å². The lowest BCUT2D eigenvalue weighted by Gasteiger charge is -2.31. The summed E-state index contributed by atoms with van der Waals surface area (Å²) in [5, 5.41) is 0. The fraction of sp³-hybridized carbons (Fsp3) is 0.556. The van der Waals surface area contributed by atoms with E-state index in [2.05, 4.69) is 31.9 Å². The van der Waals surface area contributed by atoms with Gasteiger partial charge >= 0.3 is 5.97 Å². The van der Waals surface area contributed by atoms with E-state index in [-0.39, 0.29) is 29.8 Å². The number of unbranched alkanes of at least 4 members (excludes halogenated alkanes) is 1. The standard InChI is InChI=1S/C27H37NO3/c1-6-7-9-14-24-18-21(3)16-15-20(2)17-22(4)26(29)28(5)25(27(30)31-24)19-23-12-10-8-11-13-23/h1,8,10-13,15-16,20-22,24-25H,7,9,14,17-19H2,2-5H3/b16-15-/t20-,21-,22-,24-,25+/m1/s1. The van der Waals surface area contributed by atoms with Crippen LogP contribution in [-0.2, 0) is 20.7 Å². The molecule has 4 nitrogen and oxygen atoms in total. The Kier molecular flexibility index (Phi) is 9.85. The smallest absolute Gasteiger partial charge is 0.329 e. The van der Waals surface area contributed by atoms with Crippen LogP contribution in [0.2, 0.25) is 0 Å². The molecule has 1 aromatic rings. The van der Waals surface area contributed by atoms with Gasteiger partial charge in [-0.25, -0.2) is 4.79 Å². The van der Waals surface area contributed by atoms with Gasteiger partial charge in [0.2, 0.25) is 5.91 Å². The summed E-state index contributed by atoms with van der Waals surface area (Å²) < 4.78 is 6.01. The number of nitrogens with zero attached hydrogens (tertiary/aromatic N) is 1. The molecule has 1 aromatic carbocycles. The number of benzene rings is 1. The Balaban J connectivity index is 2.32. The molecule has 0 saturated heterocycles. The van der Waals surface area contributed by atoms with Crippen LogP contribution >= 0.6 is 0 Å². The second-order valence-electron chi connectivity index (χ2n) is 9.02. The molecule has 1 aliphatic heterocycles. The van der Waals surface area contributed by atoms with Crippen LogP contribution in [0, 0.1) is 30.1 Å². The summed E-state index contributed by atoms with van der Waals surface area (Å²) in [7, 11) is 1.73. The molecular weight excluding hydrogens is 386 g/mol. The Labute approximate surface area is 188 Å². The fourth-order valence-electron chi connectivity index (χ4n) is 4.23. The lowest BCUT2D eigenvalue weighted by Crippen LogP contribution is -2.47. The highest BCUT2D eigenvalue weighted by atomic mass is 16.5. The van der Waals surface area contributed by atoms with Crippen LogP contribution in [0.1, 0.15) is 58.4 Å². The Morgan fingerprint density at radius 2 is 1.71 bits per heavy atom. The zero-order valence-electron chi connectivity index (χ0n) is 19.4. The van der Waals surface area contributed by atoms with Gasteiger partial charge in [0.1, 0.15) is 12.1 Å². The molecular formula is C27H37NO3. The highest BCUT2D eigenvalue weighted by Gasteiger charge is 2.33. The normalized spacial score (nSPS) is 29.1. The maximum Gasteiger partial charge on any atom is 0.329 e. The number of carbonyl (C=O) groups excluding carboxylic acids is 2. The molecule has 1 heterocycles. The number of esters is 1. The molecule has 2 rings (SSSR count). The van der Waals surface area contributed by atoms with E-state index in [1.807, 2.05) is 37.3 Å². The first-order valence-electron chi connectivity index (χ1n) is 11.4. The minimum atomic E-state index is -0.646. The molecule has 4 heteroatoms. The number of rotatable bonds is 5. The van der Waals surface area contributed by atoms with Crippen LogP contribution in [0.3, 0.4) is 0 Å². The van der Waals surface area contributed by atoms with Crippen molar-refractivity contribution in [1.82, 2.24) is 4.90 Å². The predicted molar refractivity (Wildman–Crippen MR) is 125 cm³/mol. The average Bonchev–Trinajstić information content (AvgIpc) is 2.75. The Hall–Kier alpha value is -2.54. The Morgan fingerprint density at radius 3 is 2.35 bits per heavy atom. The lowest BCUT2D eigenvalue weighted by molar-refractivity contribution is -0.160. The van der Waals surface area contributed by atoms with E-state index in [4.69, 9.17) is 11.2 Å². The molecule has 168 valence electrons. The van der Waals surface area contributed by atoms with Crippen LogP contribution in [0.25, 0.3) is 0 Å². The highest BCUT2D eigenvalue weighted by Crippen LogP contribution is 2.23. The molecule has 0 aliphatic carbocycles. The van der Waals surface area contributed by atoms with Crippen molar-refractivity contribution < 1.29 is 14.3 Å². The second kappa shape index (κ2) is 12.3. The van der Waals surface area contributed by atoms with Gasteiger partial charge in [-0.3, -0.25) is 4.79 Å². The van der Waals surface area contributed by atoms with Crippen molar-refractivity contribution in [2.24, 2.45) is 17.8 Å². The number of hydrogen-bond acceptors (Lipinski definition) is 3. The number of cyclic esters (lactones) is 1. The molecule has 1 aliphatic rings. The molecule has 5 atom stereocenters. The molecule has 0 saturated carbocycles. The van der Waals surface area contributed by atoms with E-state index in [1.54, 1.807) is 11.9 Å². The number of amides is 1. The van der Waals surface area contributed by atoms with Crippen LogP contribution in [0.15, 0.2) is 42.5 Å². The number of ether oxygens (including phenoxy) is 1. The quantitative estimate of drug-likeness (QED) is 0.289. The van der Waals surface area contributed by atoms with Crippen molar-refractivity contribution in [3.63, 3.8) is 0 Å². The Bertz CT molecular complexity index is 779. The van der Waals surface area contributed by atoms with Crippen molar-refractivity contribution >= 4 is 11.9 Å². The molecule has 0 unspecified atom stereocenters. The number of hydrogen-bond donors (Lipinski definition) is 0. The first-order valence-corrected chi connectivity index (χ1v) is 11.4. The molecule has 0 N–H and O–H groups in total. The molecule has 31 heavy (non-hydrogen) atoms. The van der Waals surface area contributed by atoms with Gasteiger partial charge in [0.05, 0.1) is 0 Å². The van der Waals surface area contributed by atoms with Gasteiger partial charge < -0.3 is 9.64 Å². The summed E-state index contributed by atoms with van der Waals surface area (Å²) >= 11 is 0. The van der Waals surface area contributed by atoms with Crippen molar-refractivity contribution in [2.75, 3.05) is 7.05 Å². The minimum absolute atomic E-state index is 0.0192. The molecule has 0 bridgehead atoms. The van der Waals surface area contributed by atoms with Gasteiger partial charge in [-0.05, 0) is 43.1 Å². The summed E-state index contributed by atoms with van der Waals surface area (Å²) in [4.78, 5) is 28.1. The van der Waals surface area contributed by atoms with E-state index < -0.39 is 6.04 Å². The first-order chi connectivity index (χ1) is 14.8. The lowest BCUT2D eigenvalue weighted by atomic mass is 9.93. The zero-order chi connectivity index (χ0) is 22.8. The highest BCUT2D eigenvalue weighted by molar-refractivity contribution is 5.85. The summed E-state index contributed by atoms with van der Waals surface area (Å²) in [6.45, 7) is 6.23. The summed E-state index contributed by atoms with van der Waals surface area (Å²) in [6.07, 6.45) is 13.7. The van der Waals surface area contributed by atoms with Crippen LogP contribution in [-0.4, -0.2) is 36.0 Å². The second-order valence-corrected chi connectivity index (χ2v) is 9.02. The maximum absolute atomic E-state index is 13.3. The van der Waals surface area contributed by atoms with E-state index in [1.165, 1.54) is 0 Å². The number of likely N-dealkylation sites (N-methyl/N-ethyl adjacent to an activating group) is 1. The molecule has 0 aromatic heterocycles. The summed E-state index contributed by atoms with van der Waals surface area (Å²) in [6, 6.07) is 9.15. The average molecular weight is 424 g/mol. The van der Waals surface area contributed by atoms with Gasteiger partial charge in [0, 0.05) is 25.8 Å². The summed E-state index contributed by atoms with van der Waals surface area (Å²) in [5.41, 5.74) is 1.01. The third kappa shape index (κ3) is 7.90. The van der Waals surface area contributed by atoms with Crippen molar-refractivity contribution in [3.8, 4) is 12.3 Å². The van der Waals surface area contributed by atoms with Gasteiger partial charge in [-0.1, -0.05) is 63.3 Å². The molecule has 0 fully saturated rings. The van der Waals surface area contributed by atoms with Gasteiger partial charge in [-0.15, -0.1) is 12.3 Å². The summed E-state index contributed by atoms with van der Waals surface area (Å²) in [5.74, 6) is 2.72. The topological polar surface area (TPSA) is 46.6 Å². The molecule has 0 radical (unpaired) electrons. The van der Waals surface area contributed by atoms with Crippen molar-refractivity contribution in [1.29, 1.82) is 0 Å². The van der Waals surface area contributed by atoms with E-state index in [0.717, 1.165) is 31.2 Å². The fourth-order valence-corrected chi connectivity index (χ4v) is 4.23. The van der Waals surface area contributed by atoms with Gasteiger partial charge in [0.15, 0.2) is 0 Å². The SMILES string of the molecule is C#CCCC[C@@H]1C[C@H](C)/C=C\[C@@H](C)C[C@@H](C)C(=O)N(C)[C@@H](Cc2ccccc2)C(=O)O1. The molecule has 0 spiro atoms. The van der Waals surface area contributed by atoms with Gasteiger partial charge in [0.25, 0.3) is 0 Å². The monoisotopic (exact) mass is 423 g/mol. The third-order valence-corrected chi connectivity index (χ3v) is 6.04. The third-order valence-electron chi connectivity index (χ3n) is 6.04. The van der Waals surface area contributed by atoms with Crippen molar-refractivity contribution in [2.45, 2.75) is 71.4 Å². The number of carbonyl (C=O) groups is 2. The predicted octanol–water partition coefficient (Wildman–Crippen LogP) is 5.03. The van der Waals surface area contributed by atoms with E-state index >= 15 is 0 Å². The van der Waals surface area contributed by atoms with Crippen LogP contribution in [0.4, 0.5) is 0 Å². The minimum Gasteiger partial charge on any atom is -0.461 e. The molecule has 1 amide bonds. The zero-order valence-corrected chi connectivity index (χ0v) is 19.4. The maximum atomic E-state index is 13.3. The van der Waals surface area contributed by atoms with E-state index in [0.29, 0.717) is 18.8 Å². The van der Waals surface area contributed by atoms with Crippen LogP contribution < -0.4 is 0 Å². The number of terminal acetylenes is 1. The largest absolute Gasteiger partial charge is 0.461 e. The Morgan fingerprint density at radius 1 is 1.06 bits per heavy atom. The first kappa shape index (κ1) is 24.7. The van der Waals surface area contributed by atoms with Crippen molar-refractivity contribution in [3.05, 3.63) is 48.0 Å². The number of allylic oxidation sites excluding steroid dienone is 2. The van der Waals surface area contributed by atoms with Crippen LogP contribution in [0.5, 0.6) is 0 Å².